The summed E-state index contributed by atoms with van der Waals surface area (Å²) in [6.07, 6.45) is 2.85. The number of carboxylic acids is 1. The summed E-state index contributed by atoms with van der Waals surface area (Å²) in [5, 5.41) is 12.6. The zero-order valence-electron chi connectivity index (χ0n) is 12.4. The average Bonchev–Trinajstić information content (AvgIpc) is 2.42. The first-order chi connectivity index (χ1) is 9.49. The summed E-state index contributed by atoms with van der Waals surface area (Å²) in [5.41, 5.74) is 1.12. The highest BCUT2D eigenvalue weighted by atomic mass is 16.4. The molecule has 0 aromatic carbocycles. The zero-order valence-corrected chi connectivity index (χ0v) is 12.4. The van der Waals surface area contributed by atoms with Crippen LogP contribution < -0.4 is 5.32 Å². The van der Waals surface area contributed by atoms with Crippen LogP contribution in [0.2, 0.25) is 0 Å². The minimum absolute atomic E-state index is 0.306. The Hall–Kier alpha value is -1.62. The van der Waals surface area contributed by atoms with Crippen LogP contribution in [-0.2, 0) is 6.42 Å². The number of aryl methyl sites for hydroxylation is 1. The molecule has 0 spiro atoms. The van der Waals surface area contributed by atoms with Crippen LogP contribution in [0.4, 0.5) is 5.82 Å². The van der Waals surface area contributed by atoms with Crippen LogP contribution in [0.3, 0.4) is 0 Å². The van der Waals surface area contributed by atoms with Crippen molar-refractivity contribution in [3.8, 4) is 0 Å². The Kier molecular flexibility index (Phi) is 4.60. The van der Waals surface area contributed by atoms with Crippen molar-refractivity contribution < 1.29 is 9.90 Å². The quantitative estimate of drug-likeness (QED) is 0.883. The maximum Gasteiger partial charge on any atom is 0.335 e. The monoisotopic (exact) mass is 277 g/mol. The second kappa shape index (κ2) is 6.22. The number of piperidine rings is 1. The molecule has 1 aromatic heterocycles. The number of aromatic carboxylic acids is 1. The van der Waals surface area contributed by atoms with Crippen LogP contribution >= 0.6 is 0 Å². The van der Waals surface area contributed by atoms with Crippen molar-refractivity contribution in [3.05, 3.63) is 23.4 Å². The van der Waals surface area contributed by atoms with E-state index in [9.17, 15) is 4.79 Å². The molecule has 0 amide bonds. The highest BCUT2D eigenvalue weighted by Crippen LogP contribution is 2.20. The Labute approximate surface area is 120 Å². The van der Waals surface area contributed by atoms with Crippen molar-refractivity contribution in [1.29, 1.82) is 0 Å². The Balaban J connectivity index is 2.12. The molecule has 5 heteroatoms. The largest absolute Gasteiger partial charge is 0.478 e. The van der Waals surface area contributed by atoms with Crippen LogP contribution in [0.15, 0.2) is 12.1 Å². The topological polar surface area (TPSA) is 65.5 Å². The van der Waals surface area contributed by atoms with Crippen LogP contribution in [0.5, 0.6) is 0 Å². The van der Waals surface area contributed by atoms with Gasteiger partial charge in [-0.3, -0.25) is 0 Å². The van der Waals surface area contributed by atoms with E-state index in [1.165, 1.54) is 0 Å². The van der Waals surface area contributed by atoms with E-state index in [4.69, 9.17) is 5.11 Å². The number of anilines is 1. The molecule has 1 fully saturated rings. The van der Waals surface area contributed by atoms with Crippen LogP contribution in [0.25, 0.3) is 0 Å². The fourth-order valence-electron chi connectivity index (χ4n) is 2.60. The lowest BCUT2D eigenvalue weighted by Crippen LogP contribution is -2.42. The Morgan fingerprint density at radius 2 is 2.30 bits per heavy atom. The number of pyridine rings is 1. The van der Waals surface area contributed by atoms with Gasteiger partial charge >= 0.3 is 5.97 Å². The second-order valence-electron chi connectivity index (χ2n) is 5.59. The molecule has 2 atom stereocenters. The van der Waals surface area contributed by atoms with Crippen LogP contribution in [-0.4, -0.2) is 46.6 Å². The molecule has 0 bridgehead atoms. The van der Waals surface area contributed by atoms with Crippen molar-refractivity contribution in [3.63, 3.8) is 0 Å². The summed E-state index contributed by atoms with van der Waals surface area (Å²) in [5.74, 6) is -0.217. The maximum absolute atomic E-state index is 11.1. The average molecular weight is 277 g/mol. The molecular formula is C15H23N3O2. The summed E-state index contributed by atoms with van der Waals surface area (Å²) in [4.78, 5) is 18.0. The summed E-state index contributed by atoms with van der Waals surface area (Å²) in [7, 11) is 2.14. The standard InChI is InChI=1S/C15H23N3O2/c1-4-12-8-11(15(19)20)9-14(16-12)17-13-5-6-18(3)10(2)7-13/h8-10,13H,4-7H2,1-3H3,(H,16,17)(H,19,20). The minimum Gasteiger partial charge on any atom is -0.478 e. The summed E-state index contributed by atoms with van der Waals surface area (Å²) < 4.78 is 0. The third kappa shape index (κ3) is 3.48. The van der Waals surface area contributed by atoms with Crippen molar-refractivity contribution >= 4 is 11.8 Å². The fourth-order valence-corrected chi connectivity index (χ4v) is 2.60. The molecule has 2 unspecified atom stereocenters. The Morgan fingerprint density at radius 1 is 1.55 bits per heavy atom. The van der Waals surface area contributed by atoms with Gasteiger partial charge in [0.2, 0.25) is 0 Å². The molecule has 110 valence electrons. The second-order valence-corrected chi connectivity index (χ2v) is 5.59. The Morgan fingerprint density at radius 3 is 2.90 bits per heavy atom. The molecule has 1 aliphatic heterocycles. The summed E-state index contributed by atoms with van der Waals surface area (Å²) >= 11 is 0. The van der Waals surface area contributed by atoms with Crippen molar-refractivity contribution in [2.24, 2.45) is 0 Å². The first kappa shape index (κ1) is 14.8. The van der Waals surface area contributed by atoms with E-state index < -0.39 is 5.97 Å². The lowest BCUT2D eigenvalue weighted by molar-refractivity contribution is 0.0696. The van der Waals surface area contributed by atoms with Crippen molar-refractivity contribution in [2.45, 2.75) is 45.2 Å². The SMILES string of the molecule is CCc1cc(C(=O)O)cc(NC2CCN(C)C(C)C2)n1. The zero-order chi connectivity index (χ0) is 14.7. The van der Waals surface area contributed by atoms with E-state index in [2.05, 4.69) is 29.2 Å². The molecule has 5 nitrogen and oxygen atoms in total. The molecule has 20 heavy (non-hydrogen) atoms. The number of rotatable bonds is 4. The van der Waals surface area contributed by atoms with E-state index in [0.717, 1.165) is 31.5 Å². The molecule has 2 rings (SSSR count). The number of hydrogen-bond acceptors (Lipinski definition) is 4. The van der Waals surface area contributed by atoms with E-state index in [1.54, 1.807) is 12.1 Å². The third-order valence-electron chi connectivity index (χ3n) is 4.05. The van der Waals surface area contributed by atoms with Gasteiger partial charge in [0.25, 0.3) is 0 Å². The molecule has 1 aliphatic rings. The van der Waals surface area contributed by atoms with E-state index >= 15 is 0 Å². The molecule has 1 saturated heterocycles. The maximum atomic E-state index is 11.1. The van der Waals surface area contributed by atoms with Gasteiger partial charge in [0.05, 0.1) is 5.56 Å². The van der Waals surface area contributed by atoms with Gasteiger partial charge in [0.15, 0.2) is 0 Å². The van der Waals surface area contributed by atoms with Gasteiger partial charge in [-0.1, -0.05) is 6.92 Å². The molecule has 0 radical (unpaired) electrons. The number of likely N-dealkylation sites (tertiary alicyclic amines) is 1. The molecule has 0 saturated carbocycles. The van der Waals surface area contributed by atoms with Crippen molar-refractivity contribution in [2.75, 3.05) is 18.9 Å². The molecular weight excluding hydrogens is 254 g/mol. The predicted molar refractivity (Wildman–Crippen MR) is 79.3 cm³/mol. The number of carboxylic acid groups (broad SMARTS) is 1. The number of hydrogen-bond donors (Lipinski definition) is 2. The number of aromatic nitrogens is 1. The number of nitrogens with one attached hydrogen (secondary N) is 1. The lowest BCUT2D eigenvalue weighted by Gasteiger charge is -2.35. The number of nitrogens with zero attached hydrogens (tertiary/aromatic N) is 2. The predicted octanol–water partition coefficient (Wildman–Crippen LogP) is 2.24. The highest BCUT2D eigenvalue weighted by molar-refractivity contribution is 5.88. The lowest BCUT2D eigenvalue weighted by atomic mass is 9.99. The summed E-state index contributed by atoms with van der Waals surface area (Å²) in [6, 6.07) is 4.17. The van der Waals surface area contributed by atoms with E-state index in [1.807, 2.05) is 6.92 Å². The highest BCUT2D eigenvalue weighted by Gasteiger charge is 2.23. The van der Waals surface area contributed by atoms with E-state index in [0.29, 0.717) is 23.5 Å². The van der Waals surface area contributed by atoms with Gasteiger partial charge in [-0.15, -0.1) is 0 Å². The number of carbonyl (C=O) groups is 1. The van der Waals surface area contributed by atoms with Crippen molar-refractivity contribution in [1.82, 2.24) is 9.88 Å². The first-order valence-corrected chi connectivity index (χ1v) is 7.20. The Bertz CT molecular complexity index is 490. The molecule has 1 aromatic rings. The van der Waals surface area contributed by atoms with Gasteiger partial charge in [-0.25, -0.2) is 9.78 Å². The van der Waals surface area contributed by atoms with Gasteiger partial charge < -0.3 is 15.3 Å². The minimum atomic E-state index is -0.901. The normalized spacial score (nSPS) is 23.6. The van der Waals surface area contributed by atoms with Gasteiger partial charge in [-0.2, -0.15) is 0 Å². The molecule has 2 heterocycles. The fraction of sp³-hybridized carbons (Fsp3) is 0.600. The molecule has 0 aliphatic carbocycles. The van der Waals surface area contributed by atoms with Gasteiger partial charge in [0.1, 0.15) is 5.82 Å². The summed E-state index contributed by atoms with van der Waals surface area (Å²) in [6.45, 7) is 5.25. The first-order valence-electron chi connectivity index (χ1n) is 7.20. The van der Waals surface area contributed by atoms with Crippen LogP contribution in [0.1, 0.15) is 42.7 Å². The third-order valence-corrected chi connectivity index (χ3v) is 4.05. The van der Waals surface area contributed by atoms with Crippen LogP contribution in [0, 0.1) is 0 Å². The smallest absolute Gasteiger partial charge is 0.335 e. The molecule has 2 N–H and O–H groups in total. The van der Waals surface area contributed by atoms with Gasteiger partial charge in [0, 0.05) is 24.3 Å². The van der Waals surface area contributed by atoms with Gasteiger partial charge in [-0.05, 0) is 45.4 Å². The van der Waals surface area contributed by atoms with E-state index in [-0.39, 0.29) is 0 Å².